The first-order valence-electron chi connectivity index (χ1n) is 7.03. The number of phenolic OH excluding ortho intramolecular Hbond substituents is 2. The van der Waals surface area contributed by atoms with Crippen molar-refractivity contribution in [3.05, 3.63) is 34.1 Å². The van der Waals surface area contributed by atoms with Gasteiger partial charge in [0.15, 0.2) is 11.5 Å². The summed E-state index contributed by atoms with van der Waals surface area (Å²) in [5.74, 6) is -2.55. The van der Waals surface area contributed by atoms with Crippen molar-refractivity contribution in [3.63, 3.8) is 0 Å². The molecule has 2 atom stereocenters. The van der Waals surface area contributed by atoms with Crippen LogP contribution in [0.1, 0.15) is 38.8 Å². The van der Waals surface area contributed by atoms with E-state index in [1.807, 2.05) is 0 Å². The normalized spacial score (nSPS) is 26.4. The van der Waals surface area contributed by atoms with Gasteiger partial charge in [0, 0.05) is 30.0 Å². The summed E-state index contributed by atoms with van der Waals surface area (Å²) >= 11 is 0. The number of phenols is 2. The second-order valence-electron chi connectivity index (χ2n) is 6.06. The highest BCUT2D eigenvalue weighted by atomic mass is 16.5. The average Bonchev–Trinajstić information content (AvgIpc) is 2.48. The van der Waals surface area contributed by atoms with Gasteiger partial charge in [0.25, 0.3) is 0 Å². The molecule has 0 aromatic heterocycles. The Balaban J connectivity index is 2.31. The third-order valence-corrected chi connectivity index (χ3v) is 4.49. The monoisotopic (exact) mass is 320 g/mol. The molecule has 0 unspecified atom stereocenters. The van der Waals surface area contributed by atoms with Crippen molar-refractivity contribution in [2.75, 3.05) is 7.11 Å². The van der Waals surface area contributed by atoms with Gasteiger partial charge in [-0.2, -0.15) is 0 Å². The molecule has 0 saturated carbocycles. The maximum absolute atomic E-state index is 12.3. The predicted molar refractivity (Wildman–Crippen MR) is 77.6 cm³/mol. The van der Waals surface area contributed by atoms with Crippen LogP contribution in [0.5, 0.6) is 11.5 Å². The number of benzene rings is 1. The summed E-state index contributed by atoms with van der Waals surface area (Å²) in [6.07, 6.45) is -0.523. The Hall–Kier alpha value is -2.38. The second kappa shape index (κ2) is 4.81. The van der Waals surface area contributed by atoms with Gasteiger partial charge in [-0.15, -0.1) is 0 Å². The minimum Gasteiger partial charge on any atom is -0.507 e. The highest BCUT2D eigenvalue weighted by molar-refractivity contribution is 6.26. The molecule has 7 heteroatoms. The SMILES string of the molecule is COC1=CC(=O)c2c(O)c3c(c(O)c2C1=O)C[C@@](C)(O)[C@@H](O)C3. The van der Waals surface area contributed by atoms with Crippen LogP contribution in [0.4, 0.5) is 0 Å². The lowest BCUT2D eigenvalue weighted by Gasteiger charge is -2.36. The first-order chi connectivity index (χ1) is 10.7. The first-order valence-corrected chi connectivity index (χ1v) is 7.03. The Labute approximate surface area is 131 Å². The summed E-state index contributed by atoms with van der Waals surface area (Å²) in [4.78, 5) is 24.5. The minimum absolute atomic E-state index is 0.142. The quantitative estimate of drug-likeness (QED) is 0.545. The predicted octanol–water partition coefficient (Wildman–Crippen LogP) is 0.218. The molecule has 0 aliphatic heterocycles. The van der Waals surface area contributed by atoms with Crippen molar-refractivity contribution in [1.29, 1.82) is 0 Å². The molecule has 0 fully saturated rings. The number of hydrogen-bond acceptors (Lipinski definition) is 7. The zero-order valence-electron chi connectivity index (χ0n) is 12.6. The zero-order valence-corrected chi connectivity index (χ0v) is 12.6. The number of rotatable bonds is 1. The second-order valence-corrected chi connectivity index (χ2v) is 6.06. The largest absolute Gasteiger partial charge is 0.507 e. The van der Waals surface area contributed by atoms with E-state index in [-0.39, 0.29) is 40.9 Å². The van der Waals surface area contributed by atoms with Gasteiger partial charge in [-0.3, -0.25) is 9.59 Å². The molecule has 0 radical (unpaired) electrons. The molecular formula is C16H16O7. The molecule has 0 amide bonds. The molecular weight excluding hydrogens is 304 g/mol. The van der Waals surface area contributed by atoms with E-state index in [4.69, 9.17) is 4.74 Å². The summed E-state index contributed by atoms with van der Waals surface area (Å²) in [5, 5.41) is 41.0. The lowest BCUT2D eigenvalue weighted by molar-refractivity contribution is -0.0668. The Kier molecular flexibility index (Phi) is 3.24. The molecule has 23 heavy (non-hydrogen) atoms. The molecule has 7 nitrogen and oxygen atoms in total. The van der Waals surface area contributed by atoms with Crippen LogP contribution < -0.4 is 0 Å². The van der Waals surface area contributed by atoms with Gasteiger partial charge < -0.3 is 25.2 Å². The molecule has 122 valence electrons. The number of methoxy groups -OCH3 is 1. The van der Waals surface area contributed by atoms with Gasteiger partial charge in [-0.25, -0.2) is 0 Å². The summed E-state index contributed by atoms with van der Waals surface area (Å²) in [6, 6.07) is 0. The van der Waals surface area contributed by atoms with Crippen molar-refractivity contribution < 1.29 is 34.8 Å². The van der Waals surface area contributed by atoms with Crippen LogP contribution in [0.15, 0.2) is 11.8 Å². The maximum Gasteiger partial charge on any atom is 0.232 e. The number of ether oxygens (including phenoxy) is 1. The molecule has 0 saturated heterocycles. The Morgan fingerprint density at radius 3 is 2.39 bits per heavy atom. The van der Waals surface area contributed by atoms with Gasteiger partial charge in [0.2, 0.25) is 5.78 Å². The van der Waals surface area contributed by atoms with Crippen LogP contribution in [0.3, 0.4) is 0 Å². The third kappa shape index (κ3) is 2.04. The van der Waals surface area contributed by atoms with E-state index in [2.05, 4.69) is 0 Å². The number of hydrogen-bond donors (Lipinski definition) is 4. The molecule has 1 aromatic rings. The molecule has 0 spiro atoms. The lowest BCUT2D eigenvalue weighted by atomic mass is 9.75. The number of carbonyl (C=O) groups excluding carboxylic acids is 2. The summed E-state index contributed by atoms with van der Waals surface area (Å²) in [6.45, 7) is 1.39. The molecule has 2 aliphatic rings. The highest BCUT2D eigenvalue weighted by Crippen LogP contribution is 2.45. The topological polar surface area (TPSA) is 124 Å². The zero-order chi connectivity index (χ0) is 17.1. The van der Waals surface area contributed by atoms with Gasteiger partial charge in [0.1, 0.15) is 11.5 Å². The Morgan fingerprint density at radius 2 is 1.78 bits per heavy atom. The van der Waals surface area contributed by atoms with Crippen LogP contribution in [0, 0.1) is 0 Å². The van der Waals surface area contributed by atoms with Gasteiger partial charge in [-0.05, 0) is 6.92 Å². The number of carbonyl (C=O) groups is 2. The Bertz CT molecular complexity index is 773. The standard InChI is InChI=1S/C16H16O7/c1-16(22)5-7-6(3-10(16)18)13(19)11-8(17)4-9(23-2)15(21)12(11)14(7)20/h4,10,18-20,22H,3,5H2,1-2H3/t10-,16+/m0/s1. The summed E-state index contributed by atoms with van der Waals surface area (Å²) in [5.41, 5.74) is -1.85. The van der Waals surface area contributed by atoms with Gasteiger partial charge >= 0.3 is 0 Å². The van der Waals surface area contributed by atoms with E-state index < -0.39 is 34.8 Å². The third-order valence-electron chi connectivity index (χ3n) is 4.49. The minimum atomic E-state index is -1.52. The molecule has 1 aromatic carbocycles. The molecule has 2 aliphatic carbocycles. The first kappa shape index (κ1) is 15.5. The molecule has 0 heterocycles. The van der Waals surface area contributed by atoms with E-state index in [0.29, 0.717) is 0 Å². The molecule has 4 N–H and O–H groups in total. The van der Waals surface area contributed by atoms with Crippen LogP contribution in [-0.4, -0.2) is 50.8 Å². The number of aliphatic hydroxyl groups excluding tert-OH is 1. The summed E-state index contributed by atoms with van der Waals surface area (Å²) < 4.78 is 4.84. The van der Waals surface area contributed by atoms with Crippen LogP contribution in [-0.2, 0) is 17.6 Å². The highest BCUT2D eigenvalue weighted by Gasteiger charge is 2.43. The van der Waals surface area contributed by atoms with E-state index >= 15 is 0 Å². The fourth-order valence-corrected chi connectivity index (χ4v) is 3.12. The number of aromatic hydroxyl groups is 2. The van der Waals surface area contributed by atoms with E-state index in [0.717, 1.165) is 6.08 Å². The van der Waals surface area contributed by atoms with Crippen LogP contribution in [0.25, 0.3) is 0 Å². The number of Topliss-reactive ketones (excluding diaryl/α,β-unsaturated/α-hetero) is 1. The van der Waals surface area contributed by atoms with Crippen LogP contribution >= 0.6 is 0 Å². The average molecular weight is 320 g/mol. The maximum atomic E-state index is 12.3. The van der Waals surface area contributed by atoms with Gasteiger partial charge in [-0.1, -0.05) is 0 Å². The van der Waals surface area contributed by atoms with E-state index in [9.17, 15) is 30.0 Å². The number of aliphatic hydroxyl groups is 2. The fourth-order valence-electron chi connectivity index (χ4n) is 3.12. The van der Waals surface area contributed by atoms with Crippen molar-refractivity contribution in [1.82, 2.24) is 0 Å². The molecule has 0 bridgehead atoms. The lowest BCUT2D eigenvalue weighted by Crippen LogP contribution is -2.46. The van der Waals surface area contributed by atoms with E-state index in [1.165, 1.54) is 14.0 Å². The number of allylic oxidation sites excluding steroid dienone is 2. The van der Waals surface area contributed by atoms with Crippen molar-refractivity contribution >= 4 is 11.6 Å². The number of fused-ring (bicyclic) bond motifs is 2. The van der Waals surface area contributed by atoms with Gasteiger partial charge in [0.05, 0.1) is 29.9 Å². The smallest absolute Gasteiger partial charge is 0.232 e. The van der Waals surface area contributed by atoms with Crippen molar-refractivity contribution in [2.45, 2.75) is 31.5 Å². The fraction of sp³-hybridized carbons (Fsp3) is 0.375. The van der Waals surface area contributed by atoms with E-state index in [1.54, 1.807) is 0 Å². The Morgan fingerprint density at radius 1 is 1.17 bits per heavy atom. The van der Waals surface area contributed by atoms with Crippen molar-refractivity contribution in [3.8, 4) is 11.5 Å². The van der Waals surface area contributed by atoms with Crippen LogP contribution in [0.2, 0.25) is 0 Å². The number of ketones is 2. The van der Waals surface area contributed by atoms with Crippen molar-refractivity contribution in [2.24, 2.45) is 0 Å². The molecule has 3 rings (SSSR count). The summed E-state index contributed by atoms with van der Waals surface area (Å²) in [7, 11) is 1.22.